The fraction of sp³-hybridized carbons (Fsp3) is 0.233. The van der Waals surface area contributed by atoms with Crippen molar-refractivity contribution in [1.29, 1.82) is 0 Å². The average molecular weight is 577 g/mol. The number of thioether (sulfide) groups is 1. The van der Waals surface area contributed by atoms with Crippen molar-refractivity contribution in [3.63, 3.8) is 0 Å². The second kappa shape index (κ2) is 12.0. The van der Waals surface area contributed by atoms with Gasteiger partial charge in [0.05, 0.1) is 62.0 Å². The topological polar surface area (TPSA) is 89.0 Å². The Kier molecular flexibility index (Phi) is 8.27. The van der Waals surface area contributed by atoms with Crippen LogP contribution >= 0.6 is 23.1 Å². The summed E-state index contributed by atoms with van der Waals surface area (Å²) in [6.07, 6.45) is 0. The number of pyridine rings is 1. The molecule has 5 rings (SSSR count). The molecule has 2 aromatic heterocycles. The molecule has 2 heterocycles. The molecule has 0 aliphatic carbocycles. The quantitative estimate of drug-likeness (QED) is 0.129. The highest BCUT2D eigenvalue weighted by molar-refractivity contribution is 8.00. The molecule has 8 nitrogen and oxygen atoms in total. The molecule has 5 aromatic rings. The van der Waals surface area contributed by atoms with Crippen LogP contribution < -0.4 is 18.9 Å². The number of carbonyl (C=O) groups is 1. The number of rotatable bonds is 10. The van der Waals surface area contributed by atoms with Crippen LogP contribution in [-0.2, 0) is 10.5 Å². The lowest BCUT2D eigenvalue weighted by Crippen LogP contribution is -2.12. The van der Waals surface area contributed by atoms with Gasteiger partial charge in [-0.2, -0.15) is 0 Å². The Morgan fingerprint density at radius 1 is 0.825 bits per heavy atom. The molecule has 0 spiro atoms. The van der Waals surface area contributed by atoms with Crippen LogP contribution in [0.2, 0.25) is 0 Å². The summed E-state index contributed by atoms with van der Waals surface area (Å²) in [5.74, 6) is 2.10. The molecule has 0 amide bonds. The van der Waals surface area contributed by atoms with Gasteiger partial charge in [0.1, 0.15) is 0 Å². The molecule has 10 heteroatoms. The van der Waals surface area contributed by atoms with E-state index < -0.39 is 5.97 Å². The fourth-order valence-electron chi connectivity index (χ4n) is 4.50. The van der Waals surface area contributed by atoms with Gasteiger partial charge in [0.25, 0.3) is 0 Å². The van der Waals surface area contributed by atoms with Crippen molar-refractivity contribution >= 4 is 50.2 Å². The molecule has 0 aliphatic heterocycles. The van der Waals surface area contributed by atoms with Crippen LogP contribution in [0.4, 0.5) is 0 Å². The lowest BCUT2D eigenvalue weighted by Gasteiger charge is -2.19. The molecule has 0 bridgehead atoms. The highest BCUT2D eigenvalue weighted by Gasteiger charge is 2.26. The number of hydrogen-bond donors (Lipinski definition) is 0. The summed E-state index contributed by atoms with van der Waals surface area (Å²) in [7, 11) is 6.31. The summed E-state index contributed by atoms with van der Waals surface area (Å²) in [6.45, 7) is 2.00. The molecular weight excluding hydrogens is 548 g/mol. The summed E-state index contributed by atoms with van der Waals surface area (Å²) in [4.78, 5) is 23.3. The van der Waals surface area contributed by atoms with Crippen molar-refractivity contribution in [3.05, 3.63) is 65.9 Å². The molecule has 206 valence electrons. The fourth-order valence-corrected chi connectivity index (χ4v) is 6.51. The van der Waals surface area contributed by atoms with Crippen LogP contribution in [-0.4, -0.2) is 51.0 Å². The van der Waals surface area contributed by atoms with E-state index in [9.17, 15) is 4.79 Å². The lowest BCUT2D eigenvalue weighted by atomic mass is 9.93. The first-order valence-electron chi connectivity index (χ1n) is 12.5. The molecule has 0 saturated heterocycles. The number of methoxy groups -OCH3 is 4. The third-order valence-electron chi connectivity index (χ3n) is 6.32. The van der Waals surface area contributed by atoms with E-state index in [1.165, 1.54) is 11.8 Å². The summed E-state index contributed by atoms with van der Waals surface area (Å²) in [6, 6.07) is 17.2. The first-order chi connectivity index (χ1) is 19.5. The predicted molar refractivity (Wildman–Crippen MR) is 159 cm³/mol. The number of benzene rings is 3. The smallest absolute Gasteiger partial charge is 0.340 e. The van der Waals surface area contributed by atoms with Crippen molar-refractivity contribution in [2.75, 3.05) is 35.0 Å². The van der Waals surface area contributed by atoms with Gasteiger partial charge < -0.3 is 23.7 Å². The standard InChI is InChI=1S/C30H28N2O6S2/c1-6-38-29(33)28-21(16-39-30-32-19-9-7-8-10-26(19)40-30)31-20-15-25(37-5)24(36-4)14-18(20)27(28)17-11-12-22(34-2)23(13-17)35-3/h7-15H,6,16H2,1-5H3. The minimum atomic E-state index is -0.462. The number of esters is 1. The second-order valence-corrected chi connectivity index (χ2v) is 10.8. The summed E-state index contributed by atoms with van der Waals surface area (Å²) in [5.41, 5.74) is 3.94. The maximum absolute atomic E-state index is 13.6. The number of nitrogens with zero attached hydrogens (tertiary/aromatic N) is 2. The minimum Gasteiger partial charge on any atom is -0.493 e. The number of para-hydroxylation sites is 1. The van der Waals surface area contributed by atoms with Crippen LogP contribution in [0.5, 0.6) is 23.0 Å². The molecule has 0 radical (unpaired) electrons. The molecule has 40 heavy (non-hydrogen) atoms. The number of aromatic nitrogens is 2. The van der Waals surface area contributed by atoms with Gasteiger partial charge in [0.2, 0.25) is 0 Å². The van der Waals surface area contributed by atoms with E-state index in [0.29, 0.717) is 56.5 Å². The minimum absolute atomic E-state index is 0.221. The normalized spacial score (nSPS) is 11.0. The Morgan fingerprint density at radius 3 is 2.23 bits per heavy atom. The Bertz CT molecular complexity index is 1670. The van der Waals surface area contributed by atoms with Gasteiger partial charge in [-0.25, -0.2) is 9.78 Å². The number of fused-ring (bicyclic) bond motifs is 2. The molecule has 0 N–H and O–H groups in total. The van der Waals surface area contributed by atoms with Crippen molar-refractivity contribution in [2.24, 2.45) is 0 Å². The lowest BCUT2D eigenvalue weighted by molar-refractivity contribution is 0.0526. The molecule has 0 fully saturated rings. The highest BCUT2D eigenvalue weighted by Crippen LogP contribution is 2.43. The van der Waals surface area contributed by atoms with E-state index in [4.69, 9.17) is 33.7 Å². The average Bonchev–Trinajstić information content (AvgIpc) is 3.41. The Hall–Kier alpha value is -4.02. The van der Waals surface area contributed by atoms with Gasteiger partial charge in [-0.15, -0.1) is 11.3 Å². The van der Waals surface area contributed by atoms with Crippen molar-refractivity contribution in [3.8, 4) is 34.1 Å². The van der Waals surface area contributed by atoms with E-state index in [1.807, 2.05) is 54.6 Å². The summed E-state index contributed by atoms with van der Waals surface area (Å²) < 4.78 is 29.8. The number of thiazole rings is 1. The molecule has 3 aromatic carbocycles. The van der Waals surface area contributed by atoms with Crippen molar-refractivity contribution in [2.45, 2.75) is 17.0 Å². The van der Waals surface area contributed by atoms with Crippen LogP contribution in [0.15, 0.2) is 58.9 Å². The van der Waals surface area contributed by atoms with Gasteiger partial charge in [-0.3, -0.25) is 4.98 Å². The summed E-state index contributed by atoms with van der Waals surface area (Å²) in [5, 5.41) is 0.710. The maximum atomic E-state index is 13.6. The monoisotopic (exact) mass is 576 g/mol. The summed E-state index contributed by atoms with van der Waals surface area (Å²) >= 11 is 3.14. The van der Waals surface area contributed by atoms with Gasteiger partial charge >= 0.3 is 5.97 Å². The van der Waals surface area contributed by atoms with E-state index >= 15 is 0 Å². The zero-order valence-electron chi connectivity index (χ0n) is 22.8. The van der Waals surface area contributed by atoms with Crippen LogP contribution in [0.1, 0.15) is 23.0 Å². The number of carbonyl (C=O) groups excluding carboxylic acids is 1. The molecule has 0 atom stereocenters. The first kappa shape index (κ1) is 27.5. The largest absolute Gasteiger partial charge is 0.493 e. The molecule has 0 saturated carbocycles. The van der Waals surface area contributed by atoms with Crippen LogP contribution in [0.3, 0.4) is 0 Å². The van der Waals surface area contributed by atoms with Crippen LogP contribution in [0, 0.1) is 0 Å². The van der Waals surface area contributed by atoms with Gasteiger partial charge in [0, 0.05) is 22.8 Å². The SMILES string of the molecule is CCOC(=O)c1c(CSc2nc3ccccc3s2)nc2cc(OC)c(OC)cc2c1-c1ccc(OC)c(OC)c1. The number of hydrogen-bond acceptors (Lipinski definition) is 10. The van der Waals surface area contributed by atoms with E-state index in [-0.39, 0.29) is 6.61 Å². The zero-order chi connectivity index (χ0) is 28.2. The van der Waals surface area contributed by atoms with Gasteiger partial charge in [-0.1, -0.05) is 30.0 Å². The van der Waals surface area contributed by atoms with Gasteiger partial charge in [-0.05, 0) is 42.8 Å². The van der Waals surface area contributed by atoms with E-state index in [1.54, 1.807) is 46.7 Å². The molecule has 0 aliphatic rings. The zero-order valence-corrected chi connectivity index (χ0v) is 24.4. The first-order valence-corrected chi connectivity index (χ1v) is 14.3. The Balaban J connectivity index is 1.75. The Labute approximate surface area is 240 Å². The Morgan fingerprint density at radius 2 is 1.52 bits per heavy atom. The molecular formula is C30H28N2O6S2. The maximum Gasteiger partial charge on any atom is 0.340 e. The van der Waals surface area contributed by atoms with E-state index in [0.717, 1.165) is 20.1 Å². The third kappa shape index (κ3) is 5.24. The van der Waals surface area contributed by atoms with Crippen LogP contribution in [0.25, 0.3) is 32.2 Å². The second-order valence-electron chi connectivity index (χ2n) is 8.56. The van der Waals surface area contributed by atoms with Crippen molar-refractivity contribution in [1.82, 2.24) is 9.97 Å². The highest BCUT2D eigenvalue weighted by atomic mass is 32.2. The van der Waals surface area contributed by atoms with Gasteiger partial charge in [0.15, 0.2) is 27.3 Å². The molecule has 0 unspecified atom stereocenters. The van der Waals surface area contributed by atoms with E-state index in [2.05, 4.69) is 0 Å². The van der Waals surface area contributed by atoms with Crippen molar-refractivity contribution < 1.29 is 28.5 Å². The third-order valence-corrected chi connectivity index (χ3v) is 8.51. The number of ether oxygens (including phenoxy) is 5. The predicted octanol–water partition coefficient (Wildman–Crippen LogP) is 7.01.